The molecular weight excluding hydrogens is 200 g/mol. The molecule has 0 saturated carbocycles. The maximum Gasteiger partial charge on any atom is 0.323 e. The lowest BCUT2D eigenvalue weighted by Gasteiger charge is -2.36. The van der Waals surface area contributed by atoms with Gasteiger partial charge in [-0.15, -0.1) is 0 Å². The van der Waals surface area contributed by atoms with Gasteiger partial charge in [0.15, 0.2) is 0 Å². The molecule has 2 unspecified atom stereocenters. The SMILES string of the molecule is CNC(=O)CN1CCOC(C)C1C(=O)O. The minimum absolute atomic E-state index is 0.0984. The second-order valence-corrected chi connectivity index (χ2v) is 3.50. The summed E-state index contributed by atoms with van der Waals surface area (Å²) in [6.07, 6.45) is -0.388. The number of hydrogen-bond donors (Lipinski definition) is 2. The fourth-order valence-corrected chi connectivity index (χ4v) is 1.68. The van der Waals surface area contributed by atoms with Crippen LogP contribution in [0.4, 0.5) is 0 Å². The smallest absolute Gasteiger partial charge is 0.323 e. The zero-order valence-electron chi connectivity index (χ0n) is 8.90. The summed E-state index contributed by atoms with van der Waals surface area (Å²) in [5, 5.41) is 11.5. The molecule has 0 radical (unpaired) electrons. The van der Waals surface area contributed by atoms with Crippen molar-refractivity contribution in [1.29, 1.82) is 0 Å². The average molecular weight is 216 g/mol. The van der Waals surface area contributed by atoms with Gasteiger partial charge >= 0.3 is 5.97 Å². The fourth-order valence-electron chi connectivity index (χ4n) is 1.68. The van der Waals surface area contributed by atoms with Gasteiger partial charge < -0.3 is 15.2 Å². The predicted molar refractivity (Wildman–Crippen MR) is 52.5 cm³/mol. The van der Waals surface area contributed by atoms with Crippen LogP contribution in [0, 0.1) is 0 Å². The highest BCUT2D eigenvalue weighted by molar-refractivity contribution is 5.80. The van der Waals surface area contributed by atoms with E-state index in [1.165, 1.54) is 7.05 Å². The molecule has 6 heteroatoms. The molecule has 6 nitrogen and oxygen atoms in total. The first-order chi connectivity index (χ1) is 7.06. The Balaban J connectivity index is 2.66. The van der Waals surface area contributed by atoms with Crippen LogP contribution >= 0.6 is 0 Å². The molecule has 0 spiro atoms. The van der Waals surface area contributed by atoms with Gasteiger partial charge in [-0.2, -0.15) is 0 Å². The van der Waals surface area contributed by atoms with Crippen molar-refractivity contribution in [3.8, 4) is 0 Å². The van der Waals surface area contributed by atoms with Crippen LogP contribution in [0.1, 0.15) is 6.92 Å². The van der Waals surface area contributed by atoms with Gasteiger partial charge in [-0.05, 0) is 6.92 Å². The van der Waals surface area contributed by atoms with E-state index in [0.29, 0.717) is 13.2 Å². The van der Waals surface area contributed by atoms with Crippen molar-refractivity contribution in [2.24, 2.45) is 0 Å². The number of hydrogen-bond acceptors (Lipinski definition) is 4. The fraction of sp³-hybridized carbons (Fsp3) is 0.778. The molecule has 86 valence electrons. The molecule has 15 heavy (non-hydrogen) atoms. The van der Waals surface area contributed by atoms with Crippen LogP contribution in [0.5, 0.6) is 0 Å². The number of carbonyl (C=O) groups is 2. The van der Waals surface area contributed by atoms with Gasteiger partial charge in [-0.25, -0.2) is 0 Å². The summed E-state index contributed by atoms with van der Waals surface area (Å²) in [5.74, 6) is -1.14. The number of amides is 1. The monoisotopic (exact) mass is 216 g/mol. The quantitative estimate of drug-likeness (QED) is 0.626. The zero-order valence-corrected chi connectivity index (χ0v) is 8.90. The van der Waals surface area contributed by atoms with Crippen molar-refractivity contribution < 1.29 is 19.4 Å². The number of nitrogens with one attached hydrogen (secondary N) is 1. The molecule has 0 aromatic rings. The normalized spacial score (nSPS) is 27.3. The van der Waals surface area contributed by atoms with Crippen LogP contribution in [0.3, 0.4) is 0 Å². The Morgan fingerprint density at radius 2 is 2.27 bits per heavy atom. The Morgan fingerprint density at radius 1 is 1.60 bits per heavy atom. The van der Waals surface area contributed by atoms with Gasteiger partial charge in [0.1, 0.15) is 6.04 Å². The first-order valence-electron chi connectivity index (χ1n) is 4.85. The van der Waals surface area contributed by atoms with Crippen LogP contribution in [0.2, 0.25) is 0 Å². The molecule has 1 heterocycles. The number of aliphatic carboxylic acids is 1. The Labute approximate surface area is 88.2 Å². The van der Waals surface area contributed by atoms with E-state index < -0.39 is 12.0 Å². The van der Waals surface area contributed by atoms with Crippen molar-refractivity contribution in [2.45, 2.75) is 19.1 Å². The minimum Gasteiger partial charge on any atom is -0.480 e. The largest absolute Gasteiger partial charge is 0.480 e. The molecule has 2 atom stereocenters. The Bertz CT molecular complexity index is 256. The lowest BCUT2D eigenvalue weighted by molar-refractivity contribution is -0.156. The lowest BCUT2D eigenvalue weighted by Crippen LogP contribution is -2.56. The van der Waals surface area contributed by atoms with Crippen molar-refractivity contribution in [3.05, 3.63) is 0 Å². The Morgan fingerprint density at radius 3 is 2.80 bits per heavy atom. The summed E-state index contributed by atoms with van der Waals surface area (Å²) in [6.45, 7) is 2.73. The maximum absolute atomic E-state index is 11.2. The van der Waals surface area contributed by atoms with Gasteiger partial charge in [0.05, 0.1) is 19.3 Å². The molecule has 1 amide bonds. The van der Waals surface area contributed by atoms with Crippen LogP contribution in [0.25, 0.3) is 0 Å². The van der Waals surface area contributed by atoms with Crippen LogP contribution in [-0.2, 0) is 14.3 Å². The molecule has 1 aliphatic rings. The van der Waals surface area contributed by atoms with Gasteiger partial charge in [0.2, 0.25) is 5.91 Å². The van der Waals surface area contributed by atoms with Crippen LogP contribution < -0.4 is 5.32 Å². The number of nitrogens with zero attached hydrogens (tertiary/aromatic N) is 1. The Hall–Kier alpha value is -1.14. The zero-order chi connectivity index (χ0) is 11.4. The lowest BCUT2D eigenvalue weighted by atomic mass is 10.1. The van der Waals surface area contributed by atoms with Crippen LogP contribution in [-0.4, -0.2) is 60.8 Å². The van der Waals surface area contributed by atoms with Gasteiger partial charge in [-0.1, -0.05) is 0 Å². The summed E-state index contributed by atoms with van der Waals surface area (Å²) in [7, 11) is 1.53. The highest BCUT2D eigenvalue weighted by Crippen LogP contribution is 2.13. The summed E-state index contributed by atoms with van der Waals surface area (Å²) in [4.78, 5) is 23.8. The average Bonchev–Trinajstić information content (AvgIpc) is 2.17. The van der Waals surface area contributed by atoms with E-state index in [1.54, 1.807) is 11.8 Å². The third kappa shape index (κ3) is 2.90. The third-order valence-electron chi connectivity index (χ3n) is 2.48. The highest BCUT2D eigenvalue weighted by Gasteiger charge is 2.35. The molecular formula is C9H16N2O4. The maximum atomic E-state index is 11.2. The van der Waals surface area contributed by atoms with E-state index in [0.717, 1.165) is 0 Å². The molecule has 2 N–H and O–H groups in total. The van der Waals surface area contributed by atoms with E-state index in [-0.39, 0.29) is 18.6 Å². The molecule has 1 aliphatic heterocycles. The molecule has 1 fully saturated rings. The van der Waals surface area contributed by atoms with Gasteiger partial charge in [0.25, 0.3) is 0 Å². The van der Waals surface area contributed by atoms with E-state index in [4.69, 9.17) is 9.84 Å². The third-order valence-corrected chi connectivity index (χ3v) is 2.48. The number of rotatable bonds is 3. The van der Waals surface area contributed by atoms with Gasteiger partial charge in [0, 0.05) is 13.6 Å². The summed E-state index contributed by atoms with van der Waals surface area (Å²) in [5.41, 5.74) is 0. The summed E-state index contributed by atoms with van der Waals surface area (Å²) < 4.78 is 5.24. The molecule has 0 aromatic carbocycles. The molecule has 0 bridgehead atoms. The van der Waals surface area contributed by atoms with E-state index in [2.05, 4.69) is 5.32 Å². The molecule has 1 rings (SSSR count). The van der Waals surface area contributed by atoms with Crippen molar-refractivity contribution in [2.75, 3.05) is 26.7 Å². The first-order valence-corrected chi connectivity index (χ1v) is 4.85. The van der Waals surface area contributed by atoms with Gasteiger partial charge in [-0.3, -0.25) is 14.5 Å². The minimum atomic E-state index is -0.953. The van der Waals surface area contributed by atoms with Crippen molar-refractivity contribution in [1.82, 2.24) is 10.2 Å². The first kappa shape index (κ1) is 11.9. The number of carbonyl (C=O) groups excluding carboxylic acids is 1. The van der Waals surface area contributed by atoms with E-state index >= 15 is 0 Å². The number of carboxylic acids is 1. The highest BCUT2D eigenvalue weighted by atomic mass is 16.5. The van der Waals surface area contributed by atoms with E-state index in [9.17, 15) is 9.59 Å². The molecule has 1 saturated heterocycles. The number of morpholine rings is 1. The van der Waals surface area contributed by atoms with E-state index in [1.807, 2.05) is 0 Å². The molecule has 0 aromatic heterocycles. The van der Waals surface area contributed by atoms with Crippen molar-refractivity contribution >= 4 is 11.9 Å². The number of ether oxygens (including phenoxy) is 1. The second kappa shape index (κ2) is 5.09. The molecule has 0 aliphatic carbocycles. The predicted octanol–water partition coefficient (Wildman–Crippen LogP) is -1.09. The second-order valence-electron chi connectivity index (χ2n) is 3.50. The van der Waals surface area contributed by atoms with Crippen LogP contribution in [0.15, 0.2) is 0 Å². The van der Waals surface area contributed by atoms with Crippen molar-refractivity contribution in [3.63, 3.8) is 0 Å². The standard InChI is InChI=1S/C9H16N2O4/c1-6-8(9(13)14)11(3-4-15-6)5-7(12)10-2/h6,8H,3-5H2,1-2H3,(H,10,12)(H,13,14). The summed E-state index contributed by atoms with van der Waals surface area (Å²) >= 11 is 0. The Kier molecular flexibility index (Phi) is 4.05. The summed E-state index contributed by atoms with van der Waals surface area (Å²) in [6, 6.07) is -0.740. The number of likely N-dealkylation sites (N-methyl/N-ethyl adjacent to an activating group) is 1. The number of carboxylic acid groups (broad SMARTS) is 1. The topological polar surface area (TPSA) is 78.9 Å².